The SMILES string of the molecule is CCOc1cc(/C=N\n2cnc3ccccc32)ccc1O[C@H](C)C(=O)N(C)C. The van der Waals surface area contributed by atoms with Gasteiger partial charge in [-0.25, -0.2) is 9.66 Å². The molecule has 1 amide bonds. The van der Waals surface area contributed by atoms with E-state index < -0.39 is 6.10 Å². The first kappa shape index (κ1) is 19.4. The van der Waals surface area contributed by atoms with E-state index in [0.717, 1.165) is 16.6 Å². The number of hydrogen-bond acceptors (Lipinski definition) is 5. The van der Waals surface area contributed by atoms with Crippen LogP contribution in [0.5, 0.6) is 11.5 Å². The van der Waals surface area contributed by atoms with Gasteiger partial charge in [0.25, 0.3) is 5.91 Å². The van der Waals surface area contributed by atoms with E-state index in [1.54, 1.807) is 44.3 Å². The zero-order valence-corrected chi connectivity index (χ0v) is 16.5. The number of rotatable bonds is 7. The largest absolute Gasteiger partial charge is 0.490 e. The number of nitrogens with zero attached hydrogens (tertiary/aromatic N) is 4. The van der Waals surface area contributed by atoms with Crippen LogP contribution < -0.4 is 9.47 Å². The van der Waals surface area contributed by atoms with Gasteiger partial charge in [0.15, 0.2) is 17.6 Å². The first-order valence-electron chi connectivity index (χ1n) is 9.10. The van der Waals surface area contributed by atoms with E-state index in [4.69, 9.17) is 9.47 Å². The van der Waals surface area contributed by atoms with Crippen molar-refractivity contribution in [2.75, 3.05) is 20.7 Å². The standard InChI is InChI=1S/C21H24N4O3/c1-5-27-20-12-16(10-11-19(20)28-15(2)21(26)24(3)4)13-23-25-14-22-17-8-6-7-9-18(17)25/h6-15H,5H2,1-4H3/b23-13-/t15-/m1/s1. The summed E-state index contributed by atoms with van der Waals surface area (Å²) in [5.74, 6) is 0.982. The van der Waals surface area contributed by atoms with Crippen LogP contribution in [0.1, 0.15) is 19.4 Å². The van der Waals surface area contributed by atoms with Crippen molar-refractivity contribution in [3.63, 3.8) is 0 Å². The molecule has 1 heterocycles. The lowest BCUT2D eigenvalue weighted by Gasteiger charge is -2.20. The normalized spacial score (nSPS) is 12.3. The number of aromatic nitrogens is 2. The van der Waals surface area contributed by atoms with Gasteiger partial charge in [0, 0.05) is 14.1 Å². The van der Waals surface area contributed by atoms with Gasteiger partial charge in [0.05, 0.1) is 23.9 Å². The number of benzene rings is 2. The van der Waals surface area contributed by atoms with Crippen molar-refractivity contribution in [3.8, 4) is 11.5 Å². The average Bonchev–Trinajstić information content (AvgIpc) is 3.10. The second-order valence-electron chi connectivity index (χ2n) is 6.45. The molecule has 0 aliphatic heterocycles. The van der Waals surface area contributed by atoms with Crippen molar-refractivity contribution in [2.45, 2.75) is 20.0 Å². The molecule has 1 atom stereocenters. The van der Waals surface area contributed by atoms with Crippen LogP contribution in [0.15, 0.2) is 53.9 Å². The fourth-order valence-corrected chi connectivity index (χ4v) is 2.74. The zero-order valence-electron chi connectivity index (χ0n) is 16.5. The molecule has 0 N–H and O–H groups in total. The Morgan fingerprint density at radius 3 is 2.79 bits per heavy atom. The van der Waals surface area contributed by atoms with Crippen LogP contribution in [0.3, 0.4) is 0 Å². The van der Waals surface area contributed by atoms with Gasteiger partial charge >= 0.3 is 0 Å². The molecule has 146 valence electrons. The lowest BCUT2D eigenvalue weighted by molar-refractivity contribution is -0.135. The number of hydrogen-bond donors (Lipinski definition) is 0. The maximum Gasteiger partial charge on any atom is 0.262 e. The summed E-state index contributed by atoms with van der Waals surface area (Å²) >= 11 is 0. The van der Waals surface area contributed by atoms with Gasteiger partial charge in [0.1, 0.15) is 6.33 Å². The van der Waals surface area contributed by atoms with E-state index in [-0.39, 0.29) is 5.91 Å². The van der Waals surface area contributed by atoms with Gasteiger partial charge in [-0.2, -0.15) is 5.10 Å². The molecule has 0 saturated carbocycles. The van der Waals surface area contributed by atoms with Crippen molar-refractivity contribution in [1.29, 1.82) is 0 Å². The summed E-state index contributed by atoms with van der Waals surface area (Å²) in [5, 5.41) is 4.48. The van der Waals surface area contributed by atoms with Crippen LogP contribution in [0.4, 0.5) is 0 Å². The minimum absolute atomic E-state index is 0.111. The number of para-hydroxylation sites is 2. The molecule has 0 fully saturated rings. The summed E-state index contributed by atoms with van der Waals surface area (Å²) in [6, 6.07) is 13.3. The first-order chi connectivity index (χ1) is 13.5. The number of imidazole rings is 1. The highest BCUT2D eigenvalue weighted by atomic mass is 16.5. The minimum Gasteiger partial charge on any atom is -0.490 e. The van der Waals surface area contributed by atoms with Crippen molar-refractivity contribution in [2.24, 2.45) is 5.10 Å². The Kier molecular flexibility index (Phi) is 5.93. The van der Waals surface area contributed by atoms with Crippen LogP contribution in [0.2, 0.25) is 0 Å². The van der Waals surface area contributed by atoms with E-state index in [1.807, 2.05) is 43.3 Å². The molecule has 7 heteroatoms. The van der Waals surface area contributed by atoms with E-state index in [2.05, 4.69) is 10.1 Å². The summed E-state index contributed by atoms with van der Waals surface area (Å²) in [5.41, 5.74) is 2.66. The molecule has 1 aromatic heterocycles. The highest BCUT2D eigenvalue weighted by molar-refractivity contribution is 5.83. The van der Waals surface area contributed by atoms with Gasteiger partial charge in [-0.3, -0.25) is 4.79 Å². The Hall–Kier alpha value is -3.35. The van der Waals surface area contributed by atoms with Crippen LogP contribution in [0, 0.1) is 0 Å². The maximum atomic E-state index is 12.1. The smallest absolute Gasteiger partial charge is 0.262 e. The van der Waals surface area contributed by atoms with Gasteiger partial charge in [0.2, 0.25) is 0 Å². The molecular weight excluding hydrogens is 356 g/mol. The molecule has 0 aliphatic carbocycles. The summed E-state index contributed by atoms with van der Waals surface area (Å²) in [4.78, 5) is 17.9. The maximum absolute atomic E-state index is 12.1. The second-order valence-corrected chi connectivity index (χ2v) is 6.45. The van der Waals surface area contributed by atoms with Crippen molar-refractivity contribution in [3.05, 3.63) is 54.4 Å². The number of carbonyl (C=O) groups is 1. The lowest BCUT2D eigenvalue weighted by Crippen LogP contribution is -2.35. The van der Waals surface area contributed by atoms with Crippen molar-refractivity contribution < 1.29 is 14.3 Å². The lowest BCUT2D eigenvalue weighted by atomic mass is 10.2. The summed E-state index contributed by atoms with van der Waals surface area (Å²) in [6.45, 7) is 4.10. The van der Waals surface area contributed by atoms with Crippen LogP contribution in [-0.4, -0.2) is 53.5 Å². The van der Waals surface area contributed by atoms with Crippen molar-refractivity contribution in [1.82, 2.24) is 14.6 Å². The third-order valence-corrected chi connectivity index (χ3v) is 4.13. The van der Waals surface area contributed by atoms with Gasteiger partial charge in [-0.05, 0) is 49.7 Å². The highest BCUT2D eigenvalue weighted by Gasteiger charge is 2.18. The fraction of sp³-hybridized carbons (Fsp3) is 0.286. The number of likely N-dealkylation sites (N-methyl/N-ethyl adjacent to an activating group) is 1. The zero-order chi connectivity index (χ0) is 20.1. The molecule has 2 aromatic carbocycles. The second kappa shape index (κ2) is 8.56. The molecule has 28 heavy (non-hydrogen) atoms. The predicted octanol–water partition coefficient (Wildman–Crippen LogP) is 3.17. The predicted molar refractivity (Wildman–Crippen MR) is 109 cm³/mol. The molecular formula is C21H24N4O3. The van der Waals surface area contributed by atoms with E-state index >= 15 is 0 Å². The minimum atomic E-state index is -0.606. The summed E-state index contributed by atoms with van der Waals surface area (Å²) < 4.78 is 13.2. The summed E-state index contributed by atoms with van der Waals surface area (Å²) in [7, 11) is 3.40. The van der Waals surface area contributed by atoms with Crippen molar-refractivity contribution >= 4 is 23.2 Å². The molecule has 0 unspecified atom stereocenters. The van der Waals surface area contributed by atoms with Crippen LogP contribution in [0.25, 0.3) is 11.0 Å². The number of ether oxygens (including phenoxy) is 2. The molecule has 0 radical (unpaired) electrons. The van der Waals surface area contributed by atoms with E-state index in [9.17, 15) is 4.79 Å². The Bertz CT molecular complexity index is 994. The fourth-order valence-electron chi connectivity index (χ4n) is 2.74. The molecule has 0 saturated heterocycles. The van der Waals surface area contributed by atoms with Gasteiger partial charge in [-0.15, -0.1) is 0 Å². The van der Waals surface area contributed by atoms with Crippen LogP contribution in [-0.2, 0) is 4.79 Å². The monoisotopic (exact) mass is 380 g/mol. The topological polar surface area (TPSA) is 69.0 Å². The molecule has 7 nitrogen and oxygen atoms in total. The molecule has 0 bridgehead atoms. The van der Waals surface area contributed by atoms with E-state index in [1.165, 1.54) is 4.90 Å². The third kappa shape index (κ3) is 4.31. The Balaban J connectivity index is 1.83. The summed E-state index contributed by atoms with van der Waals surface area (Å²) in [6.07, 6.45) is 2.80. The van der Waals surface area contributed by atoms with Crippen LogP contribution >= 0.6 is 0 Å². The molecule has 3 rings (SSSR count). The molecule has 0 spiro atoms. The molecule has 3 aromatic rings. The molecule has 0 aliphatic rings. The number of amides is 1. The average molecular weight is 380 g/mol. The number of fused-ring (bicyclic) bond motifs is 1. The Morgan fingerprint density at radius 2 is 2.04 bits per heavy atom. The first-order valence-corrected chi connectivity index (χ1v) is 9.10. The quantitative estimate of drug-likeness (QED) is 0.591. The third-order valence-electron chi connectivity index (χ3n) is 4.13. The Morgan fingerprint density at radius 1 is 1.25 bits per heavy atom. The Labute approximate surface area is 164 Å². The number of carbonyl (C=O) groups excluding carboxylic acids is 1. The highest BCUT2D eigenvalue weighted by Crippen LogP contribution is 2.29. The van der Waals surface area contributed by atoms with Gasteiger partial charge < -0.3 is 14.4 Å². The van der Waals surface area contributed by atoms with Gasteiger partial charge in [-0.1, -0.05) is 12.1 Å². The van der Waals surface area contributed by atoms with E-state index in [0.29, 0.717) is 18.1 Å².